The van der Waals surface area contributed by atoms with E-state index in [0.29, 0.717) is 11.6 Å². The van der Waals surface area contributed by atoms with Gasteiger partial charge in [-0.3, -0.25) is 4.98 Å². The van der Waals surface area contributed by atoms with Crippen molar-refractivity contribution in [1.82, 2.24) is 10.3 Å². The first kappa shape index (κ1) is 13.3. The average Bonchev–Trinajstić information content (AvgIpc) is 2.15. The first-order chi connectivity index (χ1) is 7.47. The van der Waals surface area contributed by atoms with Gasteiger partial charge in [-0.15, -0.1) is 0 Å². The fourth-order valence-electron chi connectivity index (χ4n) is 1.20. The summed E-state index contributed by atoms with van der Waals surface area (Å²) < 4.78 is 5.51. The predicted octanol–water partition coefficient (Wildman–Crippen LogP) is 2.89. The molecule has 1 rings (SSSR count). The van der Waals surface area contributed by atoms with E-state index in [9.17, 15) is 0 Å². The molecule has 16 heavy (non-hydrogen) atoms. The van der Waals surface area contributed by atoms with E-state index < -0.39 is 0 Å². The third-order valence-corrected chi connectivity index (χ3v) is 2.13. The SMILES string of the molecule is CC(C)(C)NCCCOc1cncc(Cl)c1. The van der Waals surface area contributed by atoms with E-state index in [1.54, 1.807) is 18.5 Å². The molecule has 1 N–H and O–H groups in total. The van der Waals surface area contributed by atoms with Crippen LogP contribution in [0.1, 0.15) is 27.2 Å². The Morgan fingerprint density at radius 2 is 2.12 bits per heavy atom. The molecule has 0 saturated heterocycles. The minimum Gasteiger partial charge on any atom is -0.492 e. The van der Waals surface area contributed by atoms with Crippen LogP contribution in [0.3, 0.4) is 0 Å². The molecule has 0 amide bonds. The van der Waals surface area contributed by atoms with Crippen LogP contribution in [0.2, 0.25) is 5.02 Å². The van der Waals surface area contributed by atoms with Crippen LogP contribution in [0.25, 0.3) is 0 Å². The van der Waals surface area contributed by atoms with Crippen molar-refractivity contribution in [2.75, 3.05) is 13.2 Å². The quantitative estimate of drug-likeness (QED) is 0.807. The lowest BCUT2D eigenvalue weighted by Gasteiger charge is -2.20. The molecule has 1 aromatic rings. The van der Waals surface area contributed by atoms with Crippen LogP contribution in [0.15, 0.2) is 18.5 Å². The van der Waals surface area contributed by atoms with Gasteiger partial charge in [-0.05, 0) is 33.7 Å². The molecular formula is C12H19ClN2O. The van der Waals surface area contributed by atoms with E-state index in [-0.39, 0.29) is 5.54 Å². The molecule has 3 nitrogen and oxygen atoms in total. The summed E-state index contributed by atoms with van der Waals surface area (Å²) in [7, 11) is 0. The maximum Gasteiger partial charge on any atom is 0.139 e. The summed E-state index contributed by atoms with van der Waals surface area (Å²) in [6, 6.07) is 1.77. The zero-order chi connectivity index (χ0) is 12.0. The molecule has 0 saturated carbocycles. The van der Waals surface area contributed by atoms with Crippen molar-refractivity contribution < 1.29 is 4.74 Å². The normalized spacial score (nSPS) is 11.5. The summed E-state index contributed by atoms with van der Waals surface area (Å²) in [4.78, 5) is 3.95. The predicted molar refractivity (Wildman–Crippen MR) is 67.1 cm³/mol. The van der Waals surface area contributed by atoms with Gasteiger partial charge in [0.25, 0.3) is 0 Å². The lowest BCUT2D eigenvalue weighted by Crippen LogP contribution is -2.36. The number of halogens is 1. The smallest absolute Gasteiger partial charge is 0.139 e. The summed E-state index contributed by atoms with van der Waals surface area (Å²) in [6.07, 6.45) is 4.22. The van der Waals surface area contributed by atoms with Gasteiger partial charge < -0.3 is 10.1 Å². The minimum atomic E-state index is 0.164. The fourth-order valence-corrected chi connectivity index (χ4v) is 1.36. The van der Waals surface area contributed by atoms with Crippen LogP contribution in [0, 0.1) is 0 Å². The Balaban J connectivity index is 2.17. The highest BCUT2D eigenvalue weighted by Crippen LogP contribution is 2.14. The van der Waals surface area contributed by atoms with E-state index >= 15 is 0 Å². The van der Waals surface area contributed by atoms with Crippen molar-refractivity contribution in [3.8, 4) is 5.75 Å². The van der Waals surface area contributed by atoms with Crippen molar-refractivity contribution in [3.05, 3.63) is 23.5 Å². The molecule has 4 heteroatoms. The molecule has 0 bridgehead atoms. The number of rotatable bonds is 5. The van der Waals surface area contributed by atoms with Crippen molar-refractivity contribution in [2.24, 2.45) is 0 Å². The van der Waals surface area contributed by atoms with Crippen LogP contribution >= 0.6 is 11.6 Å². The zero-order valence-electron chi connectivity index (χ0n) is 10.1. The van der Waals surface area contributed by atoms with Crippen molar-refractivity contribution >= 4 is 11.6 Å². The number of hydrogen-bond donors (Lipinski definition) is 1. The third kappa shape index (κ3) is 5.93. The van der Waals surface area contributed by atoms with Gasteiger partial charge in [0.2, 0.25) is 0 Å². The van der Waals surface area contributed by atoms with E-state index in [0.717, 1.165) is 18.7 Å². The lowest BCUT2D eigenvalue weighted by molar-refractivity contribution is 0.297. The third-order valence-electron chi connectivity index (χ3n) is 1.92. The summed E-state index contributed by atoms with van der Waals surface area (Å²) >= 11 is 5.79. The van der Waals surface area contributed by atoms with Crippen molar-refractivity contribution in [2.45, 2.75) is 32.7 Å². The van der Waals surface area contributed by atoms with Crippen LogP contribution in [-0.4, -0.2) is 23.7 Å². The van der Waals surface area contributed by atoms with E-state index in [4.69, 9.17) is 16.3 Å². The van der Waals surface area contributed by atoms with E-state index in [1.165, 1.54) is 0 Å². The molecule has 0 aliphatic heterocycles. The van der Waals surface area contributed by atoms with Gasteiger partial charge in [-0.25, -0.2) is 0 Å². The van der Waals surface area contributed by atoms with E-state index in [1.807, 2.05) is 0 Å². The summed E-state index contributed by atoms with van der Waals surface area (Å²) in [5.41, 5.74) is 0.164. The Morgan fingerprint density at radius 3 is 2.75 bits per heavy atom. The number of hydrogen-bond acceptors (Lipinski definition) is 3. The maximum absolute atomic E-state index is 5.79. The largest absolute Gasteiger partial charge is 0.492 e. The van der Waals surface area contributed by atoms with Crippen molar-refractivity contribution in [3.63, 3.8) is 0 Å². The Morgan fingerprint density at radius 1 is 1.38 bits per heavy atom. The number of aromatic nitrogens is 1. The second kappa shape index (κ2) is 6.06. The van der Waals surface area contributed by atoms with Crippen LogP contribution in [0.4, 0.5) is 0 Å². The molecule has 0 atom stereocenters. The topological polar surface area (TPSA) is 34.1 Å². The van der Waals surface area contributed by atoms with Gasteiger partial charge in [-0.2, -0.15) is 0 Å². The molecule has 1 aromatic heterocycles. The summed E-state index contributed by atoms with van der Waals surface area (Å²) in [6.45, 7) is 8.06. The van der Waals surface area contributed by atoms with Crippen LogP contribution < -0.4 is 10.1 Å². The molecule has 1 heterocycles. The molecule has 0 aliphatic carbocycles. The number of pyridine rings is 1. The monoisotopic (exact) mass is 242 g/mol. The molecular weight excluding hydrogens is 224 g/mol. The number of nitrogens with one attached hydrogen (secondary N) is 1. The Labute approximate surface area is 102 Å². The minimum absolute atomic E-state index is 0.164. The molecule has 0 spiro atoms. The van der Waals surface area contributed by atoms with Crippen LogP contribution in [-0.2, 0) is 0 Å². The van der Waals surface area contributed by atoms with Gasteiger partial charge >= 0.3 is 0 Å². The van der Waals surface area contributed by atoms with E-state index in [2.05, 4.69) is 31.1 Å². The highest BCUT2D eigenvalue weighted by atomic mass is 35.5. The van der Waals surface area contributed by atoms with Gasteiger partial charge in [0.15, 0.2) is 0 Å². The second-order valence-corrected chi connectivity index (χ2v) is 5.15. The first-order valence-corrected chi connectivity index (χ1v) is 5.83. The number of nitrogens with zero attached hydrogens (tertiary/aromatic N) is 1. The lowest BCUT2D eigenvalue weighted by atomic mass is 10.1. The molecule has 0 aliphatic rings. The first-order valence-electron chi connectivity index (χ1n) is 5.46. The fraction of sp³-hybridized carbons (Fsp3) is 0.583. The summed E-state index contributed by atoms with van der Waals surface area (Å²) in [5.74, 6) is 0.725. The zero-order valence-corrected chi connectivity index (χ0v) is 10.8. The Kier molecular flexibility index (Phi) is 5.03. The average molecular weight is 243 g/mol. The highest BCUT2D eigenvalue weighted by Gasteiger charge is 2.07. The molecule has 0 fully saturated rings. The van der Waals surface area contributed by atoms with Crippen LogP contribution in [0.5, 0.6) is 5.75 Å². The van der Waals surface area contributed by atoms with Gasteiger partial charge in [0.1, 0.15) is 5.75 Å². The molecule has 0 radical (unpaired) electrons. The maximum atomic E-state index is 5.79. The summed E-state index contributed by atoms with van der Waals surface area (Å²) in [5, 5.41) is 4.00. The highest BCUT2D eigenvalue weighted by molar-refractivity contribution is 6.30. The Hall–Kier alpha value is -0.800. The number of ether oxygens (including phenoxy) is 1. The van der Waals surface area contributed by atoms with Gasteiger partial charge in [0.05, 0.1) is 17.8 Å². The van der Waals surface area contributed by atoms with Crippen molar-refractivity contribution in [1.29, 1.82) is 0 Å². The molecule has 90 valence electrons. The molecule has 0 unspecified atom stereocenters. The second-order valence-electron chi connectivity index (χ2n) is 4.72. The molecule has 0 aromatic carbocycles. The van der Waals surface area contributed by atoms with Gasteiger partial charge in [0, 0.05) is 17.8 Å². The van der Waals surface area contributed by atoms with Gasteiger partial charge in [-0.1, -0.05) is 11.6 Å². The Bertz CT molecular complexity index is 323. The standard InChI is InChI=1S/C12H19ClN2O/c1-12(2,3)15-5-4-6-16-11-7-10(13)8-14-9-11/h7-9,15H,4-6H2,1-3H3.